The average molecular weight is 410 g/mol. The molecule has 1 aromatic rings. The standard InChI is InChI=1S/C26H35NO3/c1-16(2)4-7-18-14-26(29)24-13-21-19(10-17-5-6-17)11-20(30-3)12-22(21)25(26,8-9-27-24)15-23(18)28/h7,11-12,16-17,24,27,29H,4-6,8-10,13-15H2,1-3H3/b18-7+. The van der Waals surface area contributed by atoms with Crippen molar-refractivity contribution in [2.45, 2.75) is 82.3 Å². The molecule has 3 fully saturated rings. The fourth-order valence-corrected chi connectivity index (χ4v) is 6.27. The minimum atomic E-state index is -0.918. The number of aliphatic hydroxyl groups is 1. The summed E-state index contributed by atoms with van der Waals surface area (Å²) in [5.74, 6) is 2.38. The van der Waals surface area contributed by atoms with Gasteiger partial charge in [0.05, 0.1) is 12.7 Å². The van der Waals surface area contributed by atoms with E-state index < -0.39 is 11.0 Å². The number of ether oxygens (including phenoxy) is 1. The molecule has 4 nitrogen and oxygen atoms in total. The Morgan fingerprint density at radius 2 is 2.10 bits per heavy atom. The van der Waals surface area contributed by atoms with Crippen LogP contribution in [0.2, 0.25) is 0 Å². The van der Waals surface area contributed by atoms with Crippen molar-refractivity contribution in [2.75, 3.05) is 13.7 Å². The highest BCUT2D eigenvalue weighted by Gasteiger charge is 2.64. The van der Waals surface area contributed by atoms with Gasteiger partial charge in [-0.1, -0.05) is 19.9 Å². The number of benzene rings is 1. The number of fused-ring (bicyclic) bond motifs is 1. The second kappa shape index (κ2) is 7.20. The molecule has 0 amide bonds. The lowest BCUT2D eigenvalue weighted by Gasteiger charge is -2.61. The lowest BCUT2D eigenvalue weighted by atomic mass is 9.48. The van der Waals surface area contributed by atoms with Gasteiger partial charge in [0.2, 0.25) is 0 Å². The van der Waals surface area contributed by atoms with Crippen molar-refractivity contribution in [3.8, 4) is 5.75 Å². The molecule has 1 heterocycles. The summed E-state index contributed by atoms with van der Waals surface area (Å²) in [4.78, 5) is 13.3. The molecule has 5 rings (SSSR count). The maximum Gasteiger partial charge on any atom is 0.159 e. The Hall–Kier alpha value is -1.65. The van der Waals surface area contributed by atoms with Crippen LogP contribution in [0.15, 0.2) is 23.8 Å². The highest BCUT2D eigenvalue weighted by atomic mass is 16.5. The van der Waals surface area contributed by atoms with Crippen molar-refractivity contribution >= 4 is 5.78 Å². The molecule has 3 unspecified atom stereocenters. The minimum absolute atomic E-state index is 0.000600. The molecule has 4 aliphatic rings. The summed E-state index contributed by atoms with van der Waals surface area (Å²) in [6.07, 6.45) is 9.20. The van der Waals surface area contributed by atoms with Crippen LogP contribution in [0, 0.1) is 11.8 Å². The first-order valence-electron chi connectivity index (χ1n) is 11.7. The third kappa shape index (κ3) is 3.06. The number of nitrogens with one attached hydrogen (secondary N) is 1. The van der Waals surface area contributed by atoms with Gasteiger partial charge in [0.25, 0.3) is 0 Å². The quantitative estimate of drug-likeness (QED) is 0.725. The van der Waals surface area contributed by atoms with Crippen LogP contribution < -0.4 is 10.1 Å². The molecule has 2 bridgehead atoms. The largest absolute Gasteiger partial charge is 0.497 e. The van der Waals surface area contributed by atoms with E-state index in [1.165, 1.54) is 29.5 Å². The SMILES string of the molecule is COc1cc(CC2CC2)c2c(c1)C13CCNC(C2)C1(O)C/C(=C\CC(C)C)C(=O)C3. The molecule has 4 heteroatoms. The molecule has 30 heavy (non-hydrogen) atoms. The summed E-state index contributed by atoms with van der Waals surface area (Å²) >= 11 is 0. The minimum Gasteiger partial charge on any atom is -0.497 e. The molecule has 0 aromatic heterocycles. The zero-order valence-corrected chi connectivity index (χ0v) is 18.6. The number of Topliss-reactive ketones (excluding diaryl/α,β-unsaturated/α-hetero) is 1. The molecule has 2 N–H and O–H groups in total. The first-order valence-corrected chi connectivity index (χ1v) is 11.7. The lowest BCUT2D eigenvalue weighted by molar-refractivity contribution is -0.140. The Morgan fingerprint density at radius 1 is 1.30 bits per heavy atom. The Bertz CT molecular complexity index is 900. The lowest BCUT2D eigenvalue weighted by Crippen LogP contribution is -2.73. The zero-order valence-electron chi connectivity index (χ0n) is 18.6. The van der Waals surface area contributed by atoms with Gasteiger partial charge in [0, 0.05) is 24.3 Å². The summed E-state index contributed by atoms with van der Waals surface area (Å²) in [6.45, 7) is 5.18. The van der Waals surface area contributed by atoms with Gasteiger partial charge < -0.3 is 15.2 Å². The maximum absolute atomic E-state index is 13.3. The number of carbonyl (C=O) groups is 1. The van der Waals surface area contributed by atoms with Crippen molar-refractivity contribution in [2.24, 2.45) is 11.8 Å². The molecule has 3 aliphatic carbocycles. The Kier molecular flexibility index (Phi) is 4.86. The smallest absolute Gasteiger partial charge is 0.159 e. The highest BCUT2D eigenvalue weighted by Crippen LogP contribution is 2.57. The van der Waals surface area contributed by atoms with Crippen molar-refractivity contribution < 1.29 is 14.6 Å². The first-order chi connectivity index (χ1) is 14.4. The van der Waals surface area contributed by atoms with E-state index in [0.29, 0.717) is 18.8 Å². The van der Waals surface area contributed by atoms with Crippen molar-refractivity contribution in [3.63, 3.8) is 0 Å². The summed E-state index contributed by atoms with van der Waals surface area (Å²) in [5, 5.41) is 15.8. The number of piperidine rings is 1. The summed E-state index contributed by atoms with van der Waals surface area (Å²) in [5.41, 5.74) is 3.34. The number of rotatable bonds is 5. The molecule has 162 valence electrons. The maximum atomic E-state index is 13.3. The predicted octanol–water partition coefficient (Wildman–Crippen LogP) is 3.87. The fraction of sp³-hybridized carbons (Fsp3) is 0.654. The third-order valence-corrected chi connectivity index (χ3v) is 8.14. The predicted molar refractivity (Wildman–Crippen MR) is 118 cm³/mol. The monoisotopic (exact) mass is 409 g/mol. The fourth-order valence-electron chi connectivity index (χ4n) is 6.27. The second-order valence-electron chi connectivity index (χ2n) is 10.6. The van der Waals surface area contributed by atoms with E-state index in [1.807, 2.05) is 0 Å². The molecule has 1 aliphatic heterocycles. The van der Waals surface area contributed by atoms with Crippen molar-refractivity contribution in [1.29, 1.82) is 0 Å². The van der Waals surface area contributed by atoms with E-state index in [-0.39, 0.29) is 11.8 Å². The van der Waals surface area contributed by atoms with Gasteiger partial charge in [-0.3, -0.25) is 4.79 Å². The Morgan fingerprint density at radius 3 is 2.80 bits per heavy atom. The van der Waals surface area contributed by atoms with Crippen molar-refractivity contribution in [1.82, 2.24) is 5.32 Å². The summed E-state index contributed by atoms with van der Waals surface area (Å²) in [6, 6.07) is 4.33. The average Bonchev–Trinajstić information content (AvgIpc) is 3.51. The van der Waals surface area contributed by atoms with Crippen LogP contribution in [0.4, 0.5) is 0 Å². The van der Waals surface area contributed by atoms with Gasteiger partial charge >= 0.3 is 0 Å². The second-order valence-corrected chi connectivity index (χ2v) is 10.6. The molecule has 1 aromatic carbocycles. The van der Waals surface area contributed by atoms with E-state index in [0.717, 1.165) is 49.5 Å². The first kappa shape index (κ1) is 20.3. The summed E-state index contributed by atoms with van der Waals surface area (Å²) in [7, 11) is 1.72. The normalized spacial score (nSPS) is 34.1. The number of ketones is 1. The van der Waals surface area contributed by atoms with Gasteiger partial charge in [-0.05, 0) is 91.3 Å². The van der Waals surface area contributed by atoms with Crippen LogP contribution in [0.25, 0.3) is 0 Å². The van der Waals surface area contributed by atoms with E-state index in [9.17, 15) is 9.90 Å². The van der Waals surface area contributed by atoms with Gasteiger partial charge in [0.15, 0.2) is 5.78 Å². The van der Waals surface area contributed by atoms with E-state index in [1.54, 1.807) is 7.11 Å². The van der Waals surface area contributed by atoms with Gasteiger partial charge in [0.1, 0.15) is 5.75 Å². The van der Waals surface area contributed by atoms with E-state index in [2.05, 4.69) is 37.4 Å². The van der Waals surface area contributed by atoms with E-state index in [4.69, 9.17) is 4.74 Å². The van der Waals surface area contributed by atoms with Crippen LogP contribution in [-0.4, -0.2) is 36.2 Å². The van der Waals surface area contributed by atoms with Gasteiger partial charge in [-0.25, -0.2) is 0 Å². The molecule has 2 saturated carbocycles. The topological polar surface area (TPSA) is 58.6 Å². The number of hydrogen-bond acceptors (Lipinski definition) is 4. The van der Waals surface area contributed by atoms with Crippen LogP contribution >= 0.6 is 0 Å². The number of allylic oxidation sites excluding steroid dienone is 1. The molecule has 0 spiro atoms. The zero-order chi connectivity index (χ0) is 21.1. The van der Waals surface area contributed by atoms with E-state index >= 15 is 0 Å². The van der Waals surface area contributed by atoms with Crippen LogP contribution in [0.5, 0.6) is 5.75 Å². The van der Waals surface area contributed by atoms with Gasteiger partial charge in [-0.15, -0.1) is 0 Å². The van der Waals surface area contributed by atoms with Crippen LogP contribution in [0.1, 0.15) is 69.1 Å². The Balaban J connectivity index is 1.63. The summed E-state index contributed by atoms with van der Waals surface area (Å²) < 4.78 is 5.69. The van der Waals surface area contributed by atoms with Crippen LogP contribution in [-0.2, 0) is 23.1 Å². The molecular formula is C26H35NO3. The molecule has 0 radical (unpaired) electrons. The van der Waals surface area contributed by atoms with Gasteiger partial charge in [-0.2, -0.15) is 0 Å². The molecule has 1 saturated heterocycles. The Labute approximate surface area is 180 Å². The molecule has 3 atom stereocenters. The highest BCUT2D eigenvalue weighted by molar-refractivity contribution is 5.98. The van der Waals surface area contributed by atoms with Crippen molar-refractivity contribution in [3.05, 3.63) is 40.5 Å². The number of hydrogen-bond donors (Lipinski definition) is 2. The number of methoxy groups -OCH3 is 1. The molecular weight excluding hydrogens is 374 g/mol. The number of carbonyl (C=O) groups excluding carboxylic acids is 1. The third-order valence-electron chi connectivity index (χ3n) is 8.14. The van der Waals surface area contributed by atoms with Crippen LogP contribution in [0.3, 0.4) is 0 Å².